The average Bonchev–Trinajstić information content (AvgIpc) is 3.24. The molecule has 1 saturated carbocycles. The molecule has 1 aliphatic carbocycles. The minimum Gasteiger partial charge on any atom is -0.494 e. The second kappa shape index (κ2) is 9.76. The van der Waals surface area contributed by atoms with Crippen molar-refractivity contribution in [3.05, 3.63) is 54.8 Å². The van der Waals surface area contributed by atoms with Gasteiger partial charge in [0.1, 0.15) is 11.6 Å². The molecule has 6 nitrogen and oxygen atoms in total. The van der Waals surface area contributed by atoms with Crippen molar-refractivity contribution in [2.24, 2.45) is 0 Å². The zero-order valence-corrected chi connectivity index (χ0v) is 19.0. The van der Waals surface area contributed by atoms with Crippen LogP contribution in [0.5, 0.6) is 11.6 Å². The van der Waals surface area contributed by atoms with Gasteiger partial charge in [0.25, 0.3) is 5.56 Å². The minimum absolute atomic E-state index is 0.0881. The number of hydrogen-bond acceptors (Lipinski definition) is 5. The van der Waals surface area contributed by atoms with Crippen LogP contribution in [0.1, 0.15) is 78.5 Å². The third-order valence-corrected chi connectivity index (χ3v) is 6.23. The van der Waals surface area contributed by atoms with E-state index in [9.17, 15) is 20.0 Å². The molecule has 0 bridgehead atoms. The number of aromatic hydroxyl groups is 1. The molecule has 1 fully saturated rings. The van der Waals surface area contributed by atoms with E-state index in [4.69, 9.17) is 27.9 Å². The van der Waals surface area contributed by atoms with Gasteiger partial charge in [-0.15, -0.1) is 0 Å². The van der Waals surface area contributed by atoms with Crippen LogP contribution in [0.3, 0.4) is 0 Å². The topological polar surface area (TPSA) is 92.3 Å². The van der Waals surface area contributed by atoms with Crippen molar-refractivity contribution in [3.8, 4) is 17.7 Å². The molecular weight excluding hydrogens is 439 g/mol. The monoisotopic (exact) mass is 462 g/mol. The highest BCUT2D eigenvalue weighted by Crippen LogP contribution is 2.38. The van der Waals surface area contributed by atoms with Crippen molar-refractivity contribution < 1.29 is 14.6 Å². The number of aromatic nitrogens is 1. The van der Waals surface area contributed by atoms with Crippen LogP contribution < -0.4 is 10.3 Å². The molecule has 0 spiro atoms. The summed E-state index contributed by atoms with van der Waals surface area (Å²) in [5.74, 6) is -0.695. The van der Waals surface area contributed by atoms with Crippen molar-refractivity contribution in [3.63, 3.8) is 0 Å². The van der Waals surface area contributed by atoms with E-state index in [2.05, 4.69) is 0 Å². The molecule has 0 unspecified atom stereocenters. The largest absolute Gasteiger partial charge is 0.494 e. The van der Waals surface area contributed by atoms with E-state index in [-0.39, 0.29) is 38.3 Å². The van der Waals surface area contributed by atoms with Gasteiger partial charge < -0.3 is 9.84 Å². The highest BCUT2D eigenvalue weighted by Gasteiger charge is 2.30. The summed E-state index contributed by atoms with van der Waals surface area (Å²) in [5.41, 5.74) is -0.534. The quantitative estimate of drug-likeness (QED) is 0.428. The molecule has 0 atom stereocenters. The zero-order chi connectivity index (χ0) is 22.7. The van der Waals surface area contributed by atoms with Crippen LogP contribution in [-0.4, -0.2) is 22.1 Å². The van der Waals surface area contributed by atoms with Gasteiger partial charge in [-0.05, 0) is 43.9 Å². The van der Waals surface area contributed by atoms with E-state index in [0.29, 0.717) is 25.2 Å². The Morgan fingerprint density at radius 1 is 1.29 bits per heavy atom. The summed E-state index contributed by atoms with van der Waals surface area (Å²) in [6.45, 7) is 3.96. The summed E-state index contributed by atoms with van der Waals surface area (Å²) in [7, 11) is 0. The summed E-state index contributed by atoms with van der Waals surface area (Å²) in [6.07, 6.45) is 5.02. The summed E-state index contributed by atoms with van der Waals surface area (Å²) >= 11 is 12.6. The summed E-state index contributed by atoms with van der Waals surface area (Å²) in [6, 6.07) is 4.50. The number of halogens is 2. The Morgan fingerprint density at radius 2 is 1.90 bits per heavy atom. The molecule has 0 saturated heterocycles. The summed E-state index contributed by atoms with van der Waals surface area (Å²) < 4.78 is 6.81. The van der Waals surface area contributed by atoms with Gasteiger partial charge in [0.2, 0.25) is 5.88 Å². The number of benzene rings is 1. The maximum Gasteiger partial charge on any atom is 0.271 e. The van der Waals surface area contributed by atoms with Crippen LogP contribution in [0.15, 0.2) is 16.9 Å². The lowest BCUT2D eigenvalue weighted by Crippen LogP contribution is -2.29. The van der Waals surface area contributed by atoms with Gasteiger partial charge in [0, 0.05) is 11.6 Å². The standard InChI is InChI=1S/C23H24Cl2N2O4/c1-3-4-9-31-21-17(24)10-14(11-18(21)25)20(28)19-13(2)16(12-26)22(29)27(23(19)30)15-7-5-6-8-15/h10-11,15,30H,3-9H2,1-2H3. The predicted octanol–water partition coefficient (Wildman–Crippen LogP) is 5.57. The smallest absolute Gasteiger partial charge is 0.271 e. The number of carbonyl (C=O) groups is 1. The average molecular weight is 463 g/mol. The molecule has 1 aliphatic rings. The van der Waals surface area contributed by atoms with Gasteiger partial charge in [0.05, 0.1) is 22.2 Å². The van der Waals surface area contributed by atoms with Crippen molar-refractivity contribution in [1.82, 2.24) is 4.57 Å². The van der Waals surface area contributed by atoms with Crippen LogP contribution >= 0.6 is 23.2 Å². The van der Waals surface area contributed by atoms with Gasteiger partial charge >= 0.3 is 0 Å². The first-order chi connectivity index (χ1) is 14.8. The fraction of sp³-hybridized carbons (Fsp3) is 0.435. The SMILES string of the molecule is CCCCOc1c(Cl)cc(C(=O)c2c(C)c(C#N)c(=O)n(C3CCCC3)c2O)cc1Cl. The number of nitrogens with zero attached hydrogens (tertiary/aromatic N) is 2. The third kappa shape index (κ3) is 4.44. The van der Waals surface area contributed by atoms with Crippen molar-refractivity contribution >= 4 is 29.0 Å². The van der Waals surface area contributed by atoms with Crippen LogP contribution in [0.4, 0.5) is 0 Å². The number of rotatable bonds is 7. The zero-order valence-electron chi connectivity index (χ0n) is 17.5. The van der Waals surface area contributed by atoms with E-state index < -0.39 is 17.2 Å². The van der Waals surface area contributed by atoms with Gasteiger partial charge in [-0.1, -0.05) is 49.4 Å². The maximum absolute atomic E-state index is 13.4. The molecule has 1 aromatic carbocycles. The molecule has 0 aliphatic heterocycles. The Bertz CT molecular complexity index is 1090. The lowest BCUT2D eigenvalue weighted by molar-refractivity contribution is 0.103. The number of unbranched alkanes of at least 4 members (excludes halogenated alkanes) is 1. The molecule has 2 aromatic rings. The van der Waals surface area contributed by atoms with Gasteiger partial charge in [-0.3, -0.25) is 14.2 Å². The number of carbonyl (C=O) groups excluding carboxylic acids is 1. The highest BCUT2D eigenvalue weighted by molar-refractivity contribution is 6.38. The van der Waals surface area contributed by atoms with E-state index in [0.717, 1.165) is 25.7 Å². The van der Waals surface area contributed by atoms with Crippen molar-refractivity contribution in [2.45, 2.75) is 58.4 Å². The fourth-order valence-corrected chi connectivity index (χ4v) is 4.58. The number of hydrogen-bond donors (Lipinski definition) is 1. The van der Waals surface area contributed by atoms with Gasteiger partial charge in [-0.25, -0.2) is 0 Å². The minimum atomic E-state index is -0.573. The first-order valence-electron chi connectivity index (χ1n) is 10.4. The molecule has 0 radical (unpaired) electrons. The number of ketones is 1. The van der Waals surface area contributed by atoms with Crippen LogP contribution in [0.2, 0.25) is 10.0 Å². The summed E-state index contributed by atoms with van der Waals surface area (Å²) in [5, 5.41) is 20.8. The highest BCUT2D eigenvalue weighted by atomic mass is 35.5. The van der Waals surface area contributed by atoms with Gasteiger partial charge in [0.15, 0.2) is 11.5 Å². The Labute approximate surface area is 191 Å². The van der Waals surface area contributed by atoms with Gasteiger partial charge in [-0.2, -0.15) is 5.26 Å². The second-order valence-corrected chi connectivity index (χ2v) is 8.54. The molecule has 1 aromatic heterocycles. The fourth-order valence-electron chi connectivity index (χ4n) is 3.99. The predicted molar refractivity (Wildman–Crippen MR) is 120 cm³/mol. The number of nitriles is 1. The molecule has 1 N–H and O–H groups in total. The van der Waals surface area contributed by atoms with E-state index >= 15 is 0 Å². The molecule has 0 amide bonds. The normalized spacial score (nSPS) is 13.9. The first-order valence-corrected chi connectivity index (χ1v) is 11.1. The molecule has 8 heteroatoms. The van der Waals surface area contributed by atoms with E-state index in [1.165, 1.54) is 23.6 Å². The number of ether oxygens (including phenoxy) is 1. The second-order valence-electron chi connectivity index (χ2n) is 7.72. The van der Waals surface area contributed by atoms with Crippen molar-refractivity contribution in [2.75, 3.05) is 6.61 Å². The number of pyridine rings is 1. The Balaban J connectivity index is 2.11. The molecular formula is C23H24Cl2N2O4. The molecule has 1 heterocycles. The molecule has 164 valence electrons. The Morgan fingerprint density at radius 3 is 2.45 bits per heavy atom. The van der Waals surface area contributed by atoms with E-state index in [1.807, 2.05) is 13.0 Å². The Kier molecular flexibility index (Phi) is 7.30. The lowest BCUT2D eigenvalue weighted by Gasteiger charge is -2.20. The molecule has 31 heavy (non-hydrogen) atoms. The van der Waals surface area contributed by atoms with Crippen LogP contribution in [0.25, 0.3) is 0 Å². The Hall–Kier alpha value is -2.49. The molecule has 3 rings (SSSR count). The van der Waals surface area contributed by atoms with Crippen molar-refractivity contribution in [1.29, 1.82) is 5.26 Å². The van der Waals surface area contributed by atoms with Crippen LogP contribution in [0, 0.1) is 18.3 Å². The summed E-state index contributed by atoms with van der Waals surface area (Å²) in [4.78, 5) is 26.2. The van der Waals surface area contributed by atoms with Crippen LogP contribution in [-0.2, 0) is 0 Å². The lowest BCUT2D eigenvalue weighted by atomic mass is 9.96. The first kappa shape index (κ1) is 23.2. The third-order valence-electron chi connectivity index (χ3n) is 5.67. The maximum atomic E-state index is 13.4. The van der Waals surface area contributed by atoms with E-state index in [1.54, 1.807) is 0 Å².